The second-order valence-corrected chi connectivity index (χ2v) is 4.84. The number of aromatic nitrogens is 2. The van der Waals surface area contributed by atoms with Crippen molar-refractivity contribution in [3.05, 3.63) is 22.2 Å². The molecule has 1 aliphatic rings. The van der Waals surface area contributed by atoms with Gasteiger partial charge in [-0.25, -0.2) is 4.79 Å². The molecule has 1 aromatic heterocycles. The summed E-state index contributed by atoms with van der Waals surface area (Å²) in [4.78, 5) is 15.8. The highest BCUT2D eigenvalue weighted by molar-refractivity contribution is 5.48. The number of morpholine rings is 1. The van der Waals surface area contributed by atoms with Gasteiger partial charge in [-0.2, -0.15) is 4.98 Å². The third-order valence-electron chi connectivity index (χ3n) is 3.13. The van der Waals surface area contributed by atoms with Gasteiger partial charge in [-0.3, -0.25) is 4.57 Å². The lowest BCUT2D eigenvalue weighted by Crippen LogP contribution is -2.46. The van der Waals surface area contributed by atoms with Crippen molar-refractivity contribution in [1.29, 1.82) is 0 Å². The summed E-state index contributed by atoms with van der Waals surface area (Å²) < 4.78 is 7.01. The van der Waals surface area contributed by atoms with E-state index in [1.807, 2.05) is 6.92 Å². The zero-order chi connectivity index (χ0) is 15.2. The van der Waals surface area contributed by atoms with Crippen LogP contribution in [0.3, 0.4) is 0 Å². The molecule has 0 saturated carbocycles. The Hall–Kier alpha value is -1.88. The summed E-state index contributed by atoms with van der Waals surface area (Å²) in [6, 6.07) is 0. The van der Waals surface area contributed by atoms with Gasteiger partial charge in [0.15, 0.2) is 6.23 Å². The second kappa shape index (κ2) is 7.22. The van der Waals surface area contributed by atoms with Crippen LogP contribution < -0.4 is 16.7 Å². The molecular formula is C14H20N4O3. The topological polar surface area (TPSA) is 102 Å². The molecule has 0 spiro atoms. The van der Waals surface area contributed by atoms with Gasteiger partial charge in [0.05, 0.1) is 18.3 Å². The highest BCUT2D eigenvalue weighted by atomic mass is 16.5. The molecule has 0 aliphatic carbocycles. The van der Waals surface area contributed by atoms with Gasteiger partial charge >= 0.3 is 5.69 Å². The van der Waals surface area contributed by atoms with Gasteiger partial charge in [-0.05, 0) is 6.42 Å². The molecule has 2 unspecified atom stereocenters. The lowest BCUT2D eigenvalue weighted by Gasteiger charge is -2.30. The molecule has 0 amide bonds. The number of nitrogens with one attached hydrogen (secondary N) is 1. The van der Waals surface area contributed by atoms with Crippen molar-refractivity contribution < 1.29 is 9.84 Å². The average molecular weight is 292 g/mol. The van der Waals surface area contributed by atoms with Crippen LogP contribution in [-0.4, -0.2) is 40.5 Å². The standard InChI is InChI=1S/C14H20N4O3/c1-2-3-4-5-10-8-18(14(20)17-13(10)15)12-7-16-6-11(9-19)21-12/h8,11-12,16,19H,2-3,6-7,9H2,1H3,(H2,15,17,20). The normalized spacial score (nSPS) is 21.6. The molecule has 0 bridgehead atoms. The molecule has 0 aromatic carbocycles. The van der Waals surface area contributed by atoms with Crippen LogP contribution in [-0.2, 0) is 4.74 Å². The van der Waals surface area contributed by atoms with Crippen LogP contribution >= 0.6 is 0 Å². The van der Waals surface area contributed by atoms with E-state index in [0.29, 0.717) is 18.7 Å². The van der Waals surface area contributed by atoms with Gasteiger partial charge < -0.3 is 20.9 Å². The first-order chi connectivity index (χ1) is 10.2. The predicted octanol–water partition coefficient (Wildman–Crippen LogP) is -0.544. The van der Waals surface area contributed by atoms with E-state index in [2.05, 4.69) is 22.1 Å². The summed E-state index contributed by atoms with van der Waals surface area (Å²) in [5.41, 5.74) is 5.76. The maximum absolute atomic E-state index is 12.0. The quantitative estimate of drug-likeness (QED) is 0.646. The smallest absolute Gasteiger partial charge is 0.351 e. The van der Waals surface area contributed by atoms with E-state index in [-0.39, 0.29) is 18.5 Å². The van der Waals surface area contributed by atoms with E-state index >= 15 is 0 Å². The Kier molecular flexibility index (Phi) is 5.33. The minimum absolute atomic E-state index is 0.107. The highest BCUT2D eigenvalue weighted by Crippen LogP contribution is 2.14. The molecule has 4 N–H and O–H groups in total. The van der Waals surface area contributed by atoms with Gasteiger partial charge in [0.2, 0.25) is 0 Å². The Morgan fingerprint density at radius 3 is 3.14 bits per heavy atom. The van der Waals surface area contributed by atoms with Crippen molar-refractivity contribution in [2.75, 3.05) is 25.4 Å². The minimum atomic E-state index is -0.525. The molecule has 2 heterocycles. The van der Waals surface area contributed by atoms with Crippen molar-refractivity contribution in [2.45, 2.75) is 32.1 Å². The zero-order valence-corrected chi connectivity index (χ0v) is 12.0. The summed E-state index contributed by atoms with van der Waals surface area (Å²) >= 11 is 0. The highest BCUT2D eigenvalue weighted by Gasteiger charge is 2.24. The van der Waals surface area contributed by atoms with E-state index in [4.69, 9.17) is 15.6 Å². The first-order valence-electron chi connectivity index (χ1n) is 7.00. The maximum Gasteiger partial charge on any atom is 0.351 e. The van der Waals surface area contributed by atoms with Crippen molar-refractivity contribution >= 4 is 5.82 Å². The van der Waals surface area contributed by atoms with E-state index in [1.165, 1.54) is 4.57 Å². The Morgan fingerprint density at radius 2 is 2.43 bits per heavy atom. The van der Waals surface area contributed by atoms with Crippen molar-refractivity contribution in [3.63, 3.8) is 0 Å². The number of rotatable bonds is 3. The monoisotopic (exact) mass is 292 g/mol. The van der Waals surface area contributed by atoms with Gasteiger partial charge in [0, 0.05) is 25.7 Å². The fourth-order valence-electron chi connectivity index (χ4n) is 2.02. The number of nitrogens with two attached hydrogens (primary N) is 1. The molecule has 1 saturated heterocycles. The number of hydrogen-bond donors (Lipinski definition) is 3. The Bertz CT molecular complexity index is 602. The summed E-state index contributed by atoms with van der Waals surface area (Å²) in [5, 5.41) is 12.3. The number of nitrogens with zero attached hydrogens (tertiary/aromatic N) is 2. The van der Waals surface area contributed by atoms with Crippen LogP contribution in [0.5, 0.6) is 0 Å². The molecule has 21 heavy (non-hydrogen) atoms. The Morgan fingerprint density at radius 1 is 1.62 bits per heavy atom. The van der Waals surface area contributed by atoms with Gasteiger partial charge in [-0.15, -0.1) is 0 Å². The molecule has 114 valence electrons. The summed E-state index contributed by atoms with van der Waals surface area (Å²) in [6.07, 6.45) is 2.41. The fourth-order valence-corrected chi connectivity index (χ4v) is 2.02. The number of anilines is 1. The van der Waals surface area contributed by atoms with Crippen LogP contribution in [0, 0.1) is 11.8 Å². The lowest BCUT2D eigenvalue weighted by molar-refractivity contribution is -0.0967. The molecule has 2 atom stereocenters. The summed E-state index contributed by atoms with van der Waals surface area (Å²) in [6.45, 7) is 2.94. The Balaban J connectivity index is 2.29. The molecule has 7 nitrogen and oxygen atoms in total. The van der Waals surface area contributed by atoms with Crippen LogP contribution in [0.15, 0.2) is 11.0 Å². The largest absolute Gasteiger partial charge is 0.394 e. The molecular weight excluding hydrogens is 272 g/mol. The SMILES string of the molecule is CCCC#Cc1cn(C2CNCC(CO)O2)c(=O)nc1N. The molecule has 1 aliphatic heterocycles. The first kappa shape index (κ1) is 15.5. The lowest BCUT2D eigenvalue weighted by atomic mass is 10.2. The van der Waals surface area contributed by atoms with Gasteiger partial charge in [-0.1, -0.05) is 18.8 Å². The second-order valence-electron chi connectivity index (χ2n) is 4.84. The number of nitrogen functional groups attached to an aromatic ring is 1. The summed E-state index contributed by atoms with van der Waals surface area (Å²) in [7, 11) is 0. The van der Waals surface area contributed by atoms with Crippen LogP contribution in [0.4, 0.5) is 5.82 Å². The first-order valence-corrected chi connectivity index (χ1v) is 7.00. The number of hydrogen-bond acceptors (Lipinski definition) is 6. The average Bonchev–Trinajstić information content (AvgIpc) is 2.49. The third-order valence-corrected chi connectivity index (χ3v) is 3.13. The predicted molar refractivity (Wildman–Crippen MR) is 78.6 cm³/mol. The number of ether oxygens (including phenoxy) is 1. The van der Waals surface area contributed by atoms with Crippen LogP contribution in [0.2, 0.25) is 0 Å². The van der Waals surface area contributed by atoms with Crippen LogP contribution in [0.25, 0.3) is 0 Å². The summed E-state index contributed by atoms with van der Waals surface area (Å²) in [5.74, 6) is 6.03. The molecule has 7 heteroatoms. The van der Waals surface area contributed by atoms with Crippen molar-refractivity contribution in [3.8, 4) is 11.8 Å². The number of unbranched alkanes of at least 4 members (excludes halogenated alkanes) is 1. The van der Waals surface area contributed by atoms with E-state index in [1.54, 1.807) is 6.20 Å². The third kappa shape index (κ3) is 3.82. The number of aliphatic hydroxyl groups excluding tert-OH is 1. The maximum atomic E-state index is 12.0. The van der Waals surface area contributed by atoms with E-state index in [0.717, 1.165) is 12.8 Å². The Labute approximate surface area is 123 Å². The molecule has 1 fully saturated rings. The molecule has 2 rings (SSSR count). The minimum Gasteiger partial charge on any atom is -0.394 e. The van der Waals surface area contributed by atoms with Crippen molar-refractivity contribution in [1.82, 2.24) is 14.9 Å². The van der Waals surface area contributed by atoms with Crippen molar-refractivity contribution in [2.24, 2.45) is 0 Å². The van der Waals surface area contributed by atoms with Gasteiger partial charge in [0.25, 0.3) is 0 Å². The molecule has 0 radical (unpaired) electrons. The van der Waals surface area contributed by atoms with Crippen LogP contribution in [0.1, 0.15) is 31.6 Å². The molecule has 1 aromatic rings. The van der Waals surface area contributed by atoms with E-state index < -0.39 is 11.9 Å². The fraction of sp³-hybridized carbons (Fsp3) is 0.571. The zero-order valence-electron chi connectivity index (χ0n) is 12.0. The number of aliphatic hydroxyl groups is 1. The van der Waals surface area contributed by atoms with E-state index in [9.17, 15) is 4.79 Å². The van der Waals surface area contributed by atoms with Gasteiger partial charge in [0.1, 0.15) is 5.82 Å².